The molecule has 0 spiro atoms. The van der Waals surface area contributed by atoms with Crippen molar-refractivity contribution < 1.29 is 10.2 Å². The van der Waals surface area contributed by atoms with E-state index in [9.17, 15) is 10.2 Å². The molecule has 0 aliphatic rings. The molecule has 0 radical (unpaired) electrons. The lowest BCUT2D eigenvalue weighted by Gasteiger charge is -2.15. The molecule has 0 aromatic heterocycles. The van der Waals surface area contributed by atoms with Crippen LogP contribution in [0.4, 0.5) is 0 Å². The van der Waals surface area contributed by atoms with E-state index in [1.54, 1.807) is 6.07 Å². The van der Waals surface area contributed by atoms with Crippen LogP contribution in [0.1, 0.15) is 19.4 Å². The summed E-state index contributed by atoms with van der Waals surface area (Å²) in [6, 6.07) is 3.14. The normalized spacial score (nSPS) is 13.1. The third kappa shape index (κ3) is 4.36. The number of aromatic hydroxyl groups is 1. The van der Waals surface area contributed by atoms with Crippen molar-refractivity contribution >= 4 is 23.2 Å². The monoisotopic (exact) mass is 277 g/mol. The summed E-state index contributed by atoms with van der Waals surface area (Å²) in [4.78, 5) is 0. The first-order valence-corrected chi connectivity index (χ1v) is 6.23. The Labute approximate surface area is 111 Å². The highest BCUT2D eigenvalue weighted by molar-refractivity contribution is 6.35. The highest BCUT2D eigenvalue weighted by Gasteiger charge is 2.10. The maximum absolute atomic E-state index is 9.70. The topological polar surface area (TPSA) is 52.5 Å². The van der Waals surface area contributed by atoms with E-state index in [0.29, 0.717) is 23.7 Å². The second-order valence-corrected chi connectivity index (χ2v) is 5.18. The molecule has 1 unspecified atom stereocenters. The van der Waals surface area contributed by atoms with E-state index in [2.05, 4.69) is 5.32 Å². The fourth-order valence-electron chi connectivity index (χ4n) is 1.34. The maximum atomic E-state index is 9.70. The zero-order valence-corrected chi connectivity index (χ0v) is 11.4. The lowest BCUT2D eigenvalue weighted by atomic mass is 10.1. The van der Waals surface area contributed by atoms with Gasteiger partial charge in [0, 0.05) is 23.7 Å². The number of hydrogen-bond donors (Lipinski definition) is 3. The van der Waals surface area contributed by atoms with Gasteiger partial charge in [0.25, 0.3) is 0 Å². The van der Waals surface area contributed by atoms with Crippen LogP contribution in [0.25, 0.3) is 0 Å². The minimum atomic E-state index is -0.410. The number of rotatable bonds is 5. The van der Waals surface area contributed by atoms with Crippen LogP contribution >= 0.6 is 23.2 Å². The summed E-state index contributed by atoms with van der Waals surface area (Å²) < 4.78 is 0. The summed E-state index contributed by atoms with van der Waals surface area (Å²) in [7, 11) is 0. The Hall–Kier alpha value is -0.480. The zero-order chi connectivity index (χ0) is 13.0. The quantitative estimate of drug-likeness (QED) is 0.776. The van der Waals surface area contributed by atoms with Gasteiger partial charge in [-0.15, -0.1) is 0 Å². The van der Waals surface area contributed by atoms with Crippen molar-refractivity contribution in [3.8, 4) is 5.75 Å². The largest absolute Gasteiger partial charge is 0.506 e. The van der Waals surface area contributed by atoms with Gasteiger partial charge in [0.15, 0.2) is 0 Å². The van der Waals surface area contributed by atoms with Crippen molar-refractivity contribution in [1.82, 2.24) is 5.32 Å². The molecule has 5 heteroatoms. The van der Waals surface area contributed by atoms with Gasteiger partial charge in [0.2, 0.25) is 0 Å². The van der Waals surface area contributed by atoms with Gasteiger partial charge < -0.3 is 15.5 Å². The second-order valence-electron chi connectivity index (χ2n) is 4.34. The second kappa shape index (κ2) is 6.45. The fourth-order valence-corrected chi connectivity index (χ4v) is 1.88. The first kappa shape index (κ1) is 14.6. The Kier molecular flexibility index (Phi) is 5.53. The summed E-state index contributed by atoms with van der Waals surface area (Å²) in [6.45, 7) is 4.76. The van der Waals surface area contributed by atoms with Crippen LogP contribution in [0.5, 0.6) is 5.75 Å². The van der Waals surface area contributed by atoms with Crippen LogP contribution in [0.3, 0.4) is 0 Å². The summed E-state index contributed by atoms with van der Waals surface area (Å²) in [6.07, 6.45) is -0.410. The van der Waals surface area contributed by atoms with Gasteiger partial charge in [0.1, 0.15) is 5.75 Å². The number of hydrogen-bond acceptors (Lipinski definition) is 3. The predicted octanol–water partition coefficient (Wildman–Crippen LogP) is 2.81. The van der Waals surface area contributed by atoms with Crippen LogP contribution in [0.15, 0.2) is 12.1 Å². The van der Waals surface area contributed by atoms with Crippen molar-refractivity contribution in [2.24, 2.45) is 5.92 Å². The summed E-state index contributed by atoms with van der Waals surface area (Å²) in [5.41, 5.74) is 0.624. The number of aliphatic hydroxyl groups excluding tert-OH is 1. The molecular formula is C12H17Cl2NO2. The van der Waals surface area contributed by atoms with Gasteiger partial charge >= 0.3 is 0 Å². The number of phenolic OH excluding ortho intramolecular Hbond substituents is 1. The van der Waals surface area contributed by atoms with Crippen LogP contribution in [0.2, 0.25) is 10.0 Å². The van der Waals surface area contributed by atoms with E-state index in [0.717, 1.165) is 0 Å². The molecule has 0 bridgehead atoms. The third-order valence-electron chi connectivity index (χ3n) is 2.55. The van der Waals surface area contributed by atoms with Crippen LogP contribution in [-0.2, 0) is 6.54 Å². The molecule has 0 saturated carbocycles. The maximum Gasteiger partial charge on any atom is 0.138 e. The number of phenols is 1. The van der Waals surface area contributed by atoms with Crippen molar-refractivity contribution in [2.75, 3.05) is 6.54 Å². The highest BCUT2D eigenvalue weighted by atomic mass is 35.5. The number of benzene rings is 1. The summed E-state index contributed by atoms with van der Waals surface area (Å²) >= 11 is 11.6. The van der Waals surface area contributed by atoms with Gasteiger partial charge in [-0.05, 0) is 18.1 Å². The van der Waals surface area contributed by atoms with E-state index < -0.39 is 6.10 Å². The standard InChI is InChI=1S/C12H17Cl2NO2/c1-7(2)11(16)6-15-5-8-3-9(13)4-10(14)12(8)17/h3-4,7,11,15-17H,5-6H2,1-2H3. The summed E-state index contributed by atoms with van der Waals surface area (Å²) in [5.74, 6) is 0.224. The Morgan fingerprint density at radius 1 is 1.29 bits per heavy atom. The van der Waals surface area contributed by atoms with Crippen molar-refractivity contribution in [2.45, 2.75) is 26.5 Å². The molecule has 1 atom stereocenters. The van der Waals surface area contributed by atoms with Crippen LogP contribution < -0.4 is 5.32 Å². The number of halogens is 2. The van der Waals surface area contributed by atoms with Crippen molar-refractivity contribution in [3.63, 3.8) is 0 Å². The molecule has 0 amide bonds. The smallest absolute Gasteiger partial charge is 0.138 e. The minimum absolute atomic E-state index is 0.0302. The molecule has 0 saturated heterocycles. The van der Waals surface area contributed by atoms with E-state index in [1.807, 2.05) is 13.8 Å². The molecule has 0 heterocycles. The average molecular weight is 278 g/mol. The van der Waals surface area contributed by atoms with Gasteiger partial charge in [0.05, 0.1) is 11.1 Å². The lowest BCUT2D eigenvalue weighted by molar-refractivity contribution is 0.123. The molecule has 0 aliphatic carbocycles. The van der Waals surface area contributed by atoms with Crippen molar-refractivity contribution in [1.29, 1.82) is 0 Å². The SMILES string of the molecule is CC(C)C(O)CNCc1cc(Cl)cc(Cl)c1O. The molecule has 1 aromatic rings. The van der Waals surface area contributed by atoms with Gasteiger partial charge in [-0.3, -0.25) is 0 Å². The highest BCUT2D eigenvalue weighted by Crippen LogP contribution is 2.30. The molecule has 0 aliphatic heterocycles. The zero-order valence-electron chi connectivity index (χ0n) is 9.87. The fraction of sp³-hybridized carbons (Fsp3) is 0.500. The van der Waals surface area contributed by atoms with E-state index >= 15 is 0 Å². The number of nitrogens with one attached hydrogen (secondary N) is 1. The van der Waals surface area contributed by atoms with E-state index in [-0.39, 0.29) is 16.7 Å². The molecule has 17 heavy (non-hydrogen) atoms. The predicted molar refractivity (Wildman–Crippen MR) is 70.7 cm³/mol. The van der Waals surface area contributed by atoms with Gasteiger partial charge in [-0.2, -0.15) is 0 Å². The average Bonchev–Trinajstić information content (AvgIpc) is 2.24. The van der Waals surface area contributed by atoms with E-state index in [4.69, 9.17) is 23.2 Å². The lowest BCUT2D eigenvalue weighted by Crippen LogP contribution is -2.30. The van der Waals surface area contributed by atoms with Crippen LogP contribution in [-0.4, -0.2) is 22.9 Å². The third-order valence-corrected chi connectivity index (χ3v) is 3.05. The van der Waals surface area contributed by atoms with Gasteiger partial charge in [-0.25, -0.2) is 0 Å². The van der Waals surface area contributed by atoms with E-state index in [1.165, 1.54) is 6.07 Å². The molecular weight excluding hydrogens is 261 g/mol. The molecule has 1 rings (SSSR count). The molecule has 96 valence electrons. The number of aliphatic hydroxyl groups is 1. The molecule has 1 aromatic carbocycles. The Morgan fingerprint density at radius 2 is 1.94 bits per heavy atom. The van der Waals surface area contributed by atoms with Crippen molar-refractivity contribution in [3.05, 3.63) is 27.7 Å². The first-order valence-electron chi connectivity index (χ1n) is 5.47. The Balaban J connectivity index is 2.58. The molecule has 0 fully saturated rings. The Bertz CT molecular complexity index is 383. The molecule has 3 N–H and O–H groups in total. The minimum Gasteiger partial charge on any atom is -0.506 e. The van der Waals surface area contributed by atoms with Crippen LogP contribution in [0, 0.1) is 5.92 Å². The van der Waals surface area contributed by atoms with Gasteiger partial charge in [-0.1, -0.05) is 37.0 Å². The Morgan fingerprint density at radius 3 is 2.53 bits per heavy atom. The summed E-state index contributed by atoms with van der Waals surface area (Å²) in [5, 5.41) is 23.1. The molecule has 3 nitrogen and oxygen atoms in total. The first-order chi connectivity index (χ1) is 7.91.